The number of carbonyl (C=O) groups is 1. The van der Waals surface area contributed by atoms with Gasteiger partial charge >= 0.3 is 5.97 Å². The van der Waals surface area contributed by atoms with Gasteiger partial charge in [-0.15, -0.1) is 0 Å². The summed E-state index contributed by atoms with van der Waals surface area (Å²) in [5, 5.41) is 22.9. The van der Waals surface area contributed by atoms with Crippen LogP contribution in [-0.2, 0) is 6.61 Å². The van der Waals surface area contributed by atoms with Gasteiger partial charge in [-0.2, -0.15) is 5.10 Å². The number of fused-ring (bicyclic) bond motifs is 1. The van der Waals surface area contributed by atoms with Crippen LogP contribution < -0.4 is 4.90 Å². The molecule has 1 aliphatic rings. The number of benzene rings is 1. The maximum Gasteiger partial charge on any atom is 0.341 e. The Bertz CT molecular complexity index is 988. The number of hydrogen-bond donors (Lipinski definition) is 2. The fraction of sp³-hybridized carbons (Fsp3) is 0.278. The van der Waals surface area contributed by atoms with Crippen LogP contribution in [0.2, 0.25) is 0 Å². The predicted octanol–water partition coefficient (Wildman–Crippen LogP) is 2.40. The molecule has 0 aliphatic carbocycles. The third kappa shape index (κ3) is 2.68. The Morgan fingerprint density at radius 1 is 1.35 bits per heavy atom. The number of halogens is 1. The minimum atomic E-state index is -1.09. The summed E-state index contributed by atoms with van der Waals surface area (Å²) >= 11 is 0. The molecular formula is C18H17FN4O3. The van der Waals surface area contributed by atoms with Crippen molar-refractivity contribution in [2.75, 3.05) is 11.4 Å². The number of rotatable bonds is 4. The molecule has 1 aromatic carbocycles. The third-order valence-corrected chi connectivity index (χ3v) is 4.77. The van der Waals surface area contributed by atoms with E-state index >= 15 is 0 Å². The summed E-state index contributed by atoms with van der Waals surface area (Å²) in [5.41, 5.74) is 1.71. The van der Waals surface area contributed by atoms with E-state index in [-0.39, 0.29) is 29.7 Å². The molecule has 1 aliphatic heterocycles. The highest BCUT2D eigenvalue weighted by molar-refractivity contribution is 5.94. The van der Waals surface area contributed by atoms with E-state index < -0.39 is 5.97 Å². The molecule has 0 radical (unpaired) electrons. The molecule has 7 nitrogen and oxygen atoms in total. The van der Waals surface area contributed by atoms with E-state index in [0.29, 0.717) is 17.9 Å². The largest absolute Gasteiger partial charge is 0.477 e. The number of carboxylic acid groups (broad SMARTS) is 1. The fourth-order valence-corrected chi connectivity index (χ4v) is 3.55. The molecule has 1 atom stereocenters. The molecule has 0 unspecified atom stereocenters. The average molecular weight is 356 g/mol. The van der Waals surface area contributed by atoms with Crippen molar-refractivity contribution in [2.45, 2.75) is 25.5 Å². The van der Waals surface area contributed by atoms with E-state index in [1.807, 2.05) is 4.90 Å². The molecule has 3 heterocycles. The van der Waals surface area contributed by atoms with Gasteiger partial charge in [-0.25, -0.2) is 18.7 Å². The van der Waals surface area contributed by atoms with Crippen molar-refractivity contribution in [3.8, 4) is 0 Å². The van der Waals surface area contributed by atoms with Crippen LogP contribution in [0.5, 0.6) is 0 Å². The first-order chi connectivity index (χ1) is 12.6. The summed E-state index contributed by atoms with van der Waals surface area (Å²) < 4.78 is 15.2. The van der Waals surface area contributed by atoms with Crippen LogP contribution >= 0.6 is 0 Å². The van der Waals surface area contributed by atoms with E-state index in [1.165, 1.54) is 22.8 Å². The van der Waals surface area contributed by atoms with E-state index in [1.54, 1.807) is 18.3 Å². The highest BCUT2D eigenvalue weighted by atomic mass is 19.1. The smallest absolute Gasteiger partial charge is 0.341 e. The molecule has 4 rings (SSSR count). The molecule has 2 aromatic heterocycles. The lowest BCUT2D eigenvalue weighted by Crippen LogP contribution is -2.25. The van der Waals surface area contributed by atoms with Crippen LogP contribution in [0.4, 0.5) is 10.2 Å². The predicted molar refractivity (Wildman–Crippen MR) is 91.6 cm³/mol. The second-order valence-electron chi connectivity index (χ2n) is 6.27. The van der Waals surface area contributed by atoms with Gasteiger partial charge in [0.1, 0.15) is 17.2 Å². The van der Waals surface area contributed by atoms with Gasteiger partial charge in [0, 0.05) is 12.7 Å². The summed E-state index contributed by atoms with van der Waals surface area (Å²) in [6.07, 6.45) is 4.63. The van der Waals surface area contributed by atoms with E-state index in [4.69, 9.17) is 0 Å². The van der Waals surface area contributed by atoms with E-state index in [9.17, 15) is 19.4 Å². The number of carboxylic acids is 1. The minimum absolute atomic E-state index is 0.0319. The maximum absolute atomic E-state index is 13.8. The molecule has 1 fully saturated rings. The lowest BCUT2D eigenvalue weighted by Gasteiger charge is -2.27. The van der Waals surface area contributed by atoms with Crippen molar-refractivity contribution in [3.05, 3.63) is 59.2 Å². The molecule has 0 spiro atoms. The molecule has 1 saturated heterocycles. The zero-order valence-electron chi connectivity index (χ0n) is 13.8. The van der Waals surface area contributed by atoms with Gasteiger partial charge in [0.2, 0.25) is 0 Å². The maximum atomic E-state index is 13.8. The van der Waals surface area contributed by atoms with Crippen LogP contribution in [0.3, 0.4) is 0 Å². The summed E-state index contributed by atoms with van der Waals surface area (Å²) in [6.45, 7) is 0.546. The van der Waals surface area contributed by atoms with Crippen molar-refractivity contribution in [1.29, 1.82) is 0 Å². The van der Waals surface area contributed by atoms with E-state index in [0.717, 1.165) is 18.4 Å². The quantitative estimate of drug-likeness (QED) is 0.746. The summed E-state index contributed by atoms with van der Waals surface area (Å²) in [7, 11) is 0. The highest BCUT2D eigenvalue weighted by Crippen LogP contribution is 2.37. The van der Waals surface area contributed by atoms with Crippen molar-refractivity contribution >= 4 is 17.4 Å². The zero-order chi connectivity index (χ0) is 18.3. The number of anilines is 1. The molecule has 8 heteroatoms. The monoisotopic (exact) mass is 356 g/mol. The molecule has 134 valence electrons. The third-order valence-electron chi connectivity index (χ3n) is 4.77. The topological polar surface area (TPSA) is 91.0 Å². The molecule has 0 bridgehead atoms. The second kappa shape index (κ2) is 6.38. The van der Waals surface area contributed by atoms with Gasteiger partial charge < -0.3 is 15.1 Å². The lowest BCUT2D eigenvalue weighted by atomic mass is 9.98. The second-order valence-corrected chi connectivity index (χ2v) is 6.27. The van der Waals surface area contributed by atoms with Crippen LogP contribution in [0.1, 0.15) is 40.4 Å². The van der Waals surface area contributed by atoms with Gasteiger partial charge in [-0.05, 0) is 42.2 Å². The number of aliphatic hydroxyl groups is 1. The van der Waals surface area contributed by atoms with Crippen molar-refractivity contribution in [3.63, 3.8) is 0 Å². The SMILES string of the molecule is O=C(O)c1cnn2ccc(N3CCC[C@@H]3c3cc(F)ccc3CO)nc12. The van der Waals surface area contributed by atoms with Crippen molar-refractivity contribution in [2.24, 2.45) is 0 Å². The molecule has 2 N–H and O–H groups in total. The Hall–Kier alpha value is -3.00. The molecule has 0 saturated carbocycles. The molecule has 0 amide bonds. The number of hydrogen-bond acceptors (Lipinski definition) is 5. The standard InChI is InChI=1S/C18H17FN4O3/c19-12-4-3-11(10-24)13(8-12)15-2-1-6-22(15)16-5-7-23-17(21-16)14(9-20-23)18(25)26/h3-5,7-9,15,24H,1-2,6,10H2,(H,25,26)/t15-/m1/s1. The van der Waals surface area contributed by atoms with Crippen molar-refractivity contribution < 1.29 is 19.4 Å². The lowest BCUT2D eigenvalue weighted by molar-refractivity contribution is 0.0698. The van der Waals surface area contributed by atoms with Gasteiger partial charge in [0.05, 0.1) is 18.8 Å². The summed E-state index contributed by atoms with van der Waals surface area (Å²) in [5.74, 6) is -0.831. The molecular weight excluding hydrogens is 339 g/mol. The normalized spacial score (nSPS) is 17.2. The van der Waals surface area contributed by atoms with Crippen LogP contribution in [-0.4, -0.2) is 37.3 Å². The van der Waals surface area contributed by atoms with Gasteiger partial charge in [-0.3, -0.25) is 0 Å². The summed E-state index contributed by atoms with van der Waals surface area (Å²) in [6, 6.07) is 6.02. The Morgan fingerprint density at radius 2 is 2.19 bits per heavy atom. The number of nitrogens with zero attached hydrogens (tertiary/aromatic N) is 4. The Balaban J connectivity index is 1.77. The van der Waals surface area contributed by atoms with Gasteiger partial charge in [0.15, 0.2) is 5.65 Å². The summed E-state index contributed by atoms with van der Waals surface area (Å²) in [4.78, 5) is 17.8. The fourth-order valence-electron chi connectivity index (χ4n) is 3.55. The zero-order valence-corrected chi connectivity index (χ0v) is 13.8. The van der Waals surface area contributed by atoms with E-state index in [2.05, 4.69) is 10.1 Å². The van der Waals surface area contributed by atoms with Gasteiger partial charge in [-0.1, -0.05) is 6.07 Å². The van der Waals surface area contributed by atoms with Gasteiger partial charge in [0.25, 0.3) is 0 Å². The first kappa shape index (κ1) is 16.5. The number of aromatic nitrogens is 3. The number of aliphatic hydroxyl groups excluding tert-OH is 1. The number of aromatic carboxylic acids is 1. The Morgan fingerprint density at radius 3 is 2.96 bits per heavy atom. The Kier molecular flexibility index (Phi) is 4.04. The van der Waals surface area contributed by atoms with Crippen molar-refractivity contribution in [1.82, 2.24) is 14.6 Å². The first-order valence-electron chi connectivity index (χ1n) is 8.32. The van der Waals surface area contributed by atoms with Crippen LogP contribution in [0, 0.1) is 5.82 Å². The van der Waals surface area contributed by atoms with Crippen LogP contribution in [0.25, 0.3) is 5.65 Å². The Labute approximate surface area is 148 Å². The first-order valence-corrected chi connectivity index (χ1v) is 8.32. The minimum Gasteiger partial charge on any atom is -0.477 e. The highest BCUT2D eigenvalue weighted by Gasteiger charge is 2.29. The van der Waals surface area contributed by atoms with Crippen LogP contribution in [0.15, 0.2) is 36.7 Å². The molecule has 26 heavy (non-hydrogen) atoms. The molecule has 3 aromatic rings. The average Bonchev–Trinajstić information content (AvgIpc) is 3.28.